The third-order valence-electron chi connectivity index (χ3n) is 4.62. The average Bonchev–Trinajstić information content (AvgIpc) is 3.29. The van der Waals surface area contributed by atoms with Crippen LogP contribution in [0.4, 0.5) is 21.5 Å². The highest BCUT2D eigenvalue weighted by Crippen LogP contribution is 2.32. The molecule has 1 amide bonds. The predicted molar refractivity (Wildman–Crippen MR) is 108 cm³/mol. The maximum atomic E-state index is 13.4. The van der Waals surface area contributed by atoms with Crippen molar-refractivity contribution in [1.82, 2.24) is 4.31 Å². The first-order valence-corrected chi connectivity index (χ1v) is 10.7. The fourth-order valence-corrected chi connectivity index (χ4v) is 4.61. The Bertz CT molecular complexity index is 1180. The number of nitro benzene ring substituents is 2. The molecule has 2 aromatic rings. The van der Waals surface area contributed by atoms with E-state index in [1.807, 2.05) is 0 Å². The van der Waals surface area contributed by atoms with Crippen LogP contribution in [0.1, 0.15) is 12.8 Å². The molecule has 170 valence electrons. The Morgan fingerprint density at radius 3 is 2.34 bits per heavy atom. The molecule has 0 atom stereocenters. The molecular formula is C18H17FN4O8S. The van der Waals surface area contributed by atoms with E-state index in [1.54, 1.807) is 0 Å². The monoisotopic (exact) mass is 468 g/mol. The highest BCUT2D eigenvalue weighted by atomic mass is 32.2. The zero-order chi connectivity index (χ0) is 23.5. The molecule has 0 aliphatic carbocycles. The standard InChI is InChI=1S/C18H17FN4O8S/c19-14-5-3-12(9-15(14)22(25)26)20-18(24)11-31-17-6-4-13(10-16(17)23(27)28)32(29,30)21-7-1-2-8-21/h3-6,9-10H,1-2,7-8,11H2,(H,20,24). The van der Waals surface area contributed by atoms with Crippen LogP contribution in [-0.2, 0) is 14.8 Å². The molecule has 1 aliphatic rings. The molecule has 0 aromatic heterocycles. The summed E-state index contributed by atoms with van der Waals surface area (Å²) in [7, 11) is -3.89. The molecule has 1 heterocycles. The smallest absolute Gasteiger partial charge is 0.312 e. The largest absolute Gasteiger partial charge is 0.477 e. The number of hydrogen-bond acceptors (Lipinski definition) is 8. The summed E-state index contributed by atoms with van der Waals surface area (Å²) in [5, 5.41) is 24.4. The number of rotatable bonds is 8. The number of nitrogens with zero attached hydrogens (tertiary/aromatic N) is 3. The summed E-state index contributed by atoms with van der Waals surface area (Å²) in [6.45, 7) is -0.0591. The Balaban J connectivity index is 1.73. The van der Waals surface area contributed by atoms with Crippen molar-refractivity contribution in [3.63, 3.8) is 0 Å². The number of sulfonamides is 1. The van der Waals surface area contributed by atoms with Crippen molar-refractivity contribution in [2.45, 2.75) is 17.7 Å². The molecule has 1 aliphatic heterocycles. The minimum Gasteiger partial charge on any atom is -0.477 e. The minimum atomic E-state index is -3.89. The summed E-state index contributed by atoms with van der Waals surface area (Å²) in [6, 6.07) is 5.81. The first-order valence-electron chi connectivity index (χ1n) is 9.25. The van der Waals surface area contributed by atoms with Crippen LogP contribution in [0.5, 0.6) is 5.75 Å². The van der Waals surface area contributed by atoms with E-state index in [-0.39, 0.29) is 16.3 Å². The Kier molecular flexibility index (Phi) is 6.64. The van der Waals surface area contributed by atoms with Gasteiger partial charge in [-0.15, -0.1) is 0 Å². The van der Waals surface area contributed by atoms with Crippen LogP contribution in [0, 0.1) is 26.0 Å². The van der Waals surface area contributed by atoms with E-state index < -0.39 is 49.6 Å². The van der Waals surface area contributed by atoms with Crippen LogP contribution in [0.15, 0.2) is 41.3 Å². The topological polar surface area (TPSA) is 162 Å². The van der Waals surface area contributed by atoms with Crippen LogP contribution >= 0.6 is 0 Å². The fraction of sp³-hybridized carbons (Fsp3) is 0.278. The van der Waals surface area contributed by atoms with E-state index in [9.17, 15) is 37.8 Å². The number of ether oxygens (including phenoxy) is 1. The number of nitro groups is 2. The Morgan fingerprint density at radius 2 is 1.72 bits per heavy atom. The lowest BCUT2D eigenvalue weighted by molar-refractivity contribution is -0.387. The Morgan fingerprint density at radius 1 is 1.06 bits per heavy atom. The van der Waals surface area contributed by atoms with Crippen molar-refractivity contribution >= 4 is 33.0 Å². The van der Waals surface area contributed by atoms with E-state index in [0.29, 0.717) is 25.9 Å². The minimum absolute atomic E-state index is 0.0757. The van der Waals surface area contributed by atoms with Crippen LogP contribution in [0.2, 0.25) is 0 Å². The number of hydrogen-bond donors (Lipinski definition) is 1. The highest BCUT2D eigenvalue weighted by Gasteiger charge is 2.30. The summed E-state index contributed by atoms with van der Waals surface area (Å²) < 4.78 is 45.0. The van der Waals surface area contributed by atoms with Crippen molar-refractivity contribution < 1.29 is 32.2 Å². The summed E-state index contributed by atoms with van der Waals surface area (Å²) in [4.78, 5) is 32.2. The third kappa shape index (κ3) is 4.97. The van der Waals surface area contributed by atoms with Gasteiger partial charge in [-0.3, -0.25) is 25.0 Å². The third-order valence-corrected chi connectivity index (χ3v) is 6.51. The summed E-state index contributed by atoms with van der Waals surface area (Å²) in [5.41, 5.74) is -1.56. The van der Waals surface area contributed by atoms with Crippen molar-refractivity contribution in [2.24, 2.45) is 0 Å². The molecule has 32 heavy (non-hydrogen) atoms. The van der Waals surface area contributed by atoms with Crippen LogP contribution in [0.3, 0.4) is 0 Å². The zero-order valence-corrected chi connectivity index (χ0v) is 17.2. The van der Waals surface area contributed by atoms with Gasteiger partial charge in [-0.1, -0.05) is 0 Å². The maximum Gasteiger partial charge on any atom is 0.312 e. The maximum absolute atomic E-state index is 13.4. The van der Waals surface area contributed by atoms with Crippen molar-refractivity contribution in [2.75, 3.05) is 25.0 Å². The number of amides is 1. The van der Waals surface area contributed by atoms with Crippen LogP contribution in [0.25, 0.3) is 0 Å². The van der Waals surface area contributed by atoms with E-state index in [4.69, 9.17) is 4.74 Å². The summed E-state index contributed by atoms with van der Waals surface area (Å²) in [6.07, 6.45) is 1.41. The van der Waals surface area contributed by atoms with E-state index >= 15 is 0 Å². The quantitative estimate of drug-likeness (QED) is 0.456. The number of halogens is 1. The molecule has 0 unspecified atom stereocenters. The highest BCUT2D eigenvalue weighted by molar-refractivity contribution is 7.89. The second-order valence-corrected chi connectivity index (χ2v) is 8.70. The van der Waals surface area contributed by atoms with Crippen molar-refractivity contribution in [3.8, 4) is 5.75 Å². The van der Waals surface area contributed by atoms with Gasteiger partial charge in [0.2, 0.25) is 15.8 Å². The normalized spacial score (nSPS) is 14.2. The fourth-order valence-electron chi connectivity index (χ4n) is 3.07. The molecule has 0 spiro atoms. The van der Waals surface area contributed by atoms with Gasteiger partial charge >= 0.3 is 11.4 Å². The van der Waals surface area contributed by atoms with E-state index in [0.717, 1.165) is 36.4 Å². The van der Waals surface area contributed by atoms with Gasteiger partial charge in [-0.05, 0) is 37.1 Å². The number of anilines is 1. The Hall–Kier alpha value is -3.65. The lowest BCUT2D eigenvalue weighted by atomic mass is 10.2. The lowest BCUT2D eigenvalue weighted by Crippen LogP contribution is -2.28. The molecule has 1 saturated heterocycles. The number of nitrogens with one attached hydrogen (secondary N) is 1. The zero-order valence-electron chi connectivity index (χ0n) is 16.4. The van der Waals surface area contributed by atoms with Crippen LogP contribution in [-0.4, -0.2) is 48.2 Å². The molecule has 3 rings (SSSR count). The molecule has 2 aromatic carbocycles. The lowest BCUT2D eigenvalue weighted by Gasteiger charge is -2.16. The molecular weight excluding hydrogens is 451 g/mol. The number of benzene rings is 2. The van der Waals surface area contributed by atoms with E-state index in [1.165, 1.54) is 4.31 Å². The van der Waals surface area contributed by atoms with Crippen molar-refractivity contribution in [1.29, 1.82) is 0 Å². The van der Waals surface area contributed by atoms with Gasteiger partial charge in [0.15, 0.2) is 12.4 Å². The van der Waals surface area contributed by atoms with Gasteiger partial charge in [0.25, 0.3) is 5.91 Å². The van der Waals surface area contributed by atoms with Gasteiger partial charge < -0.3 is 10.1 Å². The second kappa shape index (κ2) is 9.23. The number of carbonyl (C=O) groups is 1. The molecule has 0 saturated carbocycles. The average molecular weight is 468 g/mol. The summed E-state index contributed by atoms with van der Waals surface area (Å²) >= 11 is 0. The molecule has 1 N–H and O–H groups in total. The van der Waals surface area contributed by atoms with Gasteiger partial charge in [0, 0.05) is 30.9 Å². The van der Waals surface area contributed by atoms with Gasteiger partial charge in [-0.2, -0.15) is 8.70 Å². The second-order valence-electron chi connectivity index (χ2n) is 6.76. The van der Waals surface area contributed by atoms with Crippen LogP contribution < -0.4 is 10.1 Å². The SMILES string of the molecule is O=C(COc1ccc(S(=O)(=O)N2CCCC2)cc1[N+](=O)[O-])Nc1ccc(F)c([N+](=O)[O-])c1. The van der Waals surface area contributed by atoms with Gasteiger partial charge in [0.05, 0.1) is 14.7 Å². The molecule has 0 bridgehead atoms. The first kappa shape index (κ1) is 23.0. The molecule has 12 nitrogen and oxygen atoms in total. The molecule has 0 radical (unpaired) electrons. The van der Waals surface area contributed by atoms with E-state index in [2.05, 4.69) is 5.32 Å². The van der Waals surface area contributed by atoms with Gasteiger partial charge in [-0.25, -0.2) is 8.42 Å². The predicted octanol–water partition coefficient (Wildman–Crippen LogP) is 2.44. The Labute approximate surface area is 180 Å². The first-order chi connectivity index (χ1) is 15.1. The molecule has 14 heteroatoms. The number of carbonyl (C=O) groups excluding carboxylic acids is 1. The molecule has 1 fully saturated rings. The van der Waals surface area contributed by atoms with Crippen molar-refractivity contribution in [3.05, 3.63) is 62.4 Å². The van der Waals surface area contributed by atoms with Gasteiger partial charge in [0.1, 0.15) is 0 Å². The summed E-state index contributed by atoms with van der Waals surface area (Å²) in [5.74, 6) is -2.24.